The van der Waals surface area contributed by atoms with Crippen molar-refractivity contribution in [1.82, 2.24) is 4.72 Å². The molecule has 0 fully saturated rings. The third-order valence-corrected chi connectivity index (χ3v) is 1.32. The van der Waals surface area contributed by atoms with Crippen LogP contribution in [0.1, 0.15) is 13.8 Å². The minimum absolute atomic E-state index is 0.00662. The molecular formula is C6H11NO4S. The van der Waals surface area contributed by atoms with Gasteiger partial charge in [0.1, 0.15) is 5.70 Å². The molecule has 0 aliphatic carbocycles. The van der Waals surface area contributed by atoms with Gasteiger partial charge in [-0.15, -0.1) is 0 Å². The van der Waals surface area contributed by atoms with Crippen molar-refractivity contribution in [3.8, 4) is 0 Å². The number of hydrogen-bond acceptors (Lipinski definition) is 2. The molecule has 0 aliphatic rings. The van der Waals surface area contributed by atoms with Crippen molar-refractivity contribution in [1.29, 1.82) is 0 Å². The molecule has 1 unspecified atom stereocenters. The van der Waals surface area contributed by atoms with Crippen LogP contribution in [0.15, 0.2) is 11.8 Å². The number of rotatable bonds is 4. The molecule has 70 valence electrons. The molecule has 0 aromatic carbocycles. The van der Waals surface area contributed by atoms with Crippen molar-refractivity contribution in [3.63, 3.8) is 0 Å². The van der Waals surface area contributed by atoms with Crippen LogP contribution in [0, 0.1) is 5.92 Å². The van der Waals surface area contributed by atoms with Gasteiger partial charge in [-0.2, -0.15) is 0 Å². The third-order valence-electron chi connectivity index (χ3n) is 0.928. The number of carboxylic acids is 1. The van der Waals surface area contributed by atoms with Crippen molar-refractivity contribution >= 4 is 17.2 Å². The van der Waals surface area contributed by atoms with Crippen LogP contribution in [0.4, 0.5) is 0 Å². The molecule has 0 aliphatic heterocycles. The number of nitrogens with one attached hydrogen (secondary N) is 1. The fourth-order valence-corrected chi connectivity index (χ4v) is 0.920. The quantitative estimate of drug-likeness (QED) is 0.444. The molecule has 1 atom stereocenters. The average molecular weight is 193 g/mol. The van der Waals surface area contributed by atoms with Crippen LogP contribution >= 0.6 is 0 Å². The minimum atomic E-state index is -2.33. The first-order valence-electron chi connectivity index (χ1n) is 3.26. The average Bonchev–Trinajstić information content (AvgIpc) is 1.83. The Balaban J connectivity index is 4.44. The first-order chi connectivity index (χ1) is 5.43. The Labute approximate surface area is 72.9 Å². The van der Waals surface area contributed by atoms with E-state index in [0.717, 1.165) is 0 Å². The zero-order valence-corrected chi connectivity index (χ0v) is 7.59. The highest BCUT2D eigenvalue weighted by Gasteiger charge is 2.08. The van der Waals surface area contributed by atoms with Gasteiger partial charge < -0.3 is 5.11 Å². The van der Waals surface area contributed by atoms with Crippen LogP contribution < -0.4 is 4.72 Å². The minimum Gasteiger partial charge on any atom is -0.477 e. The van der Waals surface area contributed by atoms with Crippen LogP contribution in [-0.2, 0) is 16.1 Å². The normalized spacial score (nSPS) is 14.5. The Bertz CT molecular complexity index is 224. The summed E-state index contributed by atoms with van der Waals surface area (Å²) in [6.07, 6.45) is 1.36. The van der Waals surface area contributed by atoms with E-state index in [0.29, 0.717) is 0 Å². The lowest BCUT2D eigenvalue weighted by atomic mass is 10.2. The summed E-state index contributed by atoms with van der Waals surface area (Å²) in [4.78, 5) is 10.4. The van der Waals surface area contributed by atoms with E-state index in [1.54, 1.807) is 13.8 Å². The van der Waals surface area contributed by atoms with Gasteiger partial charge in [0, 0.05) is 0 Å². The molecular weight excluding hydrogens is 182 g/mol. The van der Waals surface area contributed by atoms with Crippen LogP contribution in [-0.4, -0.2) is 19.8 Å². The summed E-state index contributed by atoms with van der Waals surface area (Å²) >= 11 is -2.33. The van der Waals surface area contributed by atoms with Gasteiger partial charge in [-0.25, -0.2) is 9.00 Å². The molecule has 0 radical (unpaired) electrons. The number of hydrogen-bond donors (Lipinski definition) is 3. The summed E-state index contributed by atoms with van der Waals surface area (Å²) in [7, 11) is 0. The van der Waals surface area contributed by atoms with E-state index in [1.165, 1.54) is 6.08 Å². The largest absolute Gasteiger partial charge is 0.477 e. The third kappa shape index (κ3) is 4.86. The van der Waals surface area contributed by atoms with E-state index in [1.807, 2.05) is 4.72 Å². The summed E-state index contributed by atoms with van der Waals surface area (Å²) in [5.41, 5.74) is -0.258. The van der Waals surface area contributed by atoms with Gasteiger partial charge >= 0.3 is 5.97 Å². The second kappa shape index (κ2) is 4.89. The standard InChI is InChI=1S/C6H11NO4S/c1-4(2)3-5(6(8)9)7-12(10)11/h3-4,7H,1-2H3,(H,8,9)(H,10,11). The molecule has 0 rings (SSSR count). The second-order valence-electron chi connectivity index (χ2n) is 2.48. The predicted molar refractivity (Wildman–Crippen MR) is 44.5 cm³/mol. The molecule has 0 amide bonds. The van der Waals surface area contributed by atoms with Gasteiger partial charge in [0.15, 0.2) is 0 Å². The molecule has 0 spiro atoms. The van der Waals surface area contributed by atoms with Gasteiger partial charge in [0.25, 0.3) is 11.3 Å². The summed E-state index contributed by atoms with van der Waals surface area (Å²) < 4.78 is 20.4. The van der Waals surface area contributed by atoms with Gasteiger partial charge in [-0.05, 0) is 5.92 Å². The highest BCUT2D eigenvalue weighted by molar-refractivity contribution is 7.77. The molecule has 6 heteroatoms. The molecule has 0 aromatic heterocycles. The predicted octanol–water partition coefficient (Wildman–Crippen LogP) is 0.337. The Morgan fingerprint density at radius 3 is 2.33 bits per heavy atom. The van der Waals surface area contributed by atoms with Gasteiger partial charge in [-0.1, -0.05) is 19.9 Å². The maximum Gasteiger partial charge on any atom is 0.352 e. The van der Waals surface area contributed by atoms with Crippen molar-refractivity contribution in [2.45, 2.75) is 13.8 Å². The van der Waals surface area contributed by atoms with Crippen molar-refractivity contribution in [3.05, 3.63) is 11.8 Å². The van der Waals surface area contributed by atoms with Gasteiger partial charge in [0.2, 0.25) is 0 Å². The van der Waals surface area contributed by atoms with Gasteiger partial charge in [0.05, 0.1) is 0 Å². The van der Waals surface area contributed by atoms with E-state index in [9.17, 15) is 9.00 Å². The highest BCUT2D eigenvalue weighted by atomic mass is 32.2. The Morgan fingerprint density at radius 1 is 1.58 bits per heavy atom. The number of carboxylic acid groups (broad SMARTS) is 1. The summed E-state index contributed by atoms with van der Waals surface area (Å²) in [5.74, 6) is -1.24. The first kappa shape index (κ1) is 11.1. The van der Waals surface area contributed by atoms with Crippen LogP contribution in [0.3, 0.4) is 0 Å². The Hall–Kier alpha value is -0.880. The smallest absolute Gasteiger partial charge is 0.352 e. The second-order valence-corrected chi connectivity index (χ2v) is 3.18. The number of allylic oxidation sites excluding steroid dienone is 1. The SMILES string of the molecule is CC(C)C=C(NS(=O)O)C(=O)O. The molecule has 0 bridgehead atoms. The maximum atomic E-state index is 10.4. The lowest BCUT2D eigenvalue weighted by molar-refractivity contribution is -0.132. The fourth-order valence-electron chi connectivity index (χ4n) is 0.576. The highest BCUT2D eigenvalue weighted by Crippen LogP contribution is 1.99. The Kier molecular flexibility index (Phi) is 4.53. The summed E-state index contributed by atoms with van der Waals surface area (Å²) in [6.45, 7) is 3.54. The molecule has 0 saturated heterocycles. The van der Waals surface area contributed by atoms with Crippen molar-refractivity contribution in [2.24, 2.45) is 5.92 Å². The summed E-state index contributed by atoms with van der Waals surface area (Å²) in [5, 5.41) is 8.49. The zero-order valence-electron chi connectivity index (χ0n) is 6.77. The Morgan fingerprint density at radius 2 is 2.08 bits per heavy atom. The molecule has 0 aromatic rings. The van der Waals surface area contributed by atoms with Crippen LogP contribution in [0.5, 0.6) is 0 Å². The van der Waals surface area contributed by atoms with Crippen LogP contribution in [0.2, 0.25) is 0 Å². The van der Waals surface area contributed by atoms with E-state index < -0.39 is 17.2 Å². The van der Waals surface area contributed by atoms with Crippen molar-refractivity contribution < 1.29 is 18.7 Å². The van der Waals surface area contributed by atoms with Crippen molar-refractivity contribution in [2.75, 3.05) is 0 Å². The zero-order chi connectivity index (χ0) is 9.72. The lowest BCUT2D eigenvalue weighted by Gasteiger charge is -2.03. The van der Waals surface area contributed by atoms with E-state index in [2.05, 4.69) is 0 Å². The fraction of sp³-hybridized carbons (Fsp3) is 0.500. The van der Waals surface area contributed by atoms with Gasteiger partial charge in [-0.3, -0.25) is 9.27 Å². The topological polar surface area (TPSA) is 86.6 Å². The van der Waals surface area contributed by atoms with E-state index in [4.69, 9.17) is 9.66 Å². The van der Waals surface area contributed by atoms with E-state index >= 15 is 0 Å². The lowest BCUT2D eigenvalue weighted by Crippen LogP contribution is -2.22. The monoisotopic (exact) mass is 193 g/mol. The molecule has 12 heavy (non-hydrogen) atoms. The molecule has 5 nitrogen and oxygen atoms in total. The molecule has 3 N–H and O–H groups in total. The first-order valence-corrected chi connectivity index (χ1v) is 4.36. The van der Waals surface area contributed by atoms with Crippen LogP contribution in [0.25, 0.3) is 0 Å². The summed E-state index contributed by atoms with van der Waals surface area (Å²) in [6, 6.07) is 0. The maximum absolute atomic E-state index is 10.4. The number of carbonyl (C=O) groups is 1. The molecule has 0 saturated carbocycles. The van der Waals surface area contributed by atoms with E-state index in [-0.39, 0.29) is 11.6 Å². The molecule has 0 heterocycles. The number of aliphatic carboxylic acids is 1.